The number of piperidine rings is 1. The van der Waals surface area contributed by atoms with Crippen LogP contribution in [-0.2, 0) is 14.3 Å². The Labute approximate surface area is 213 Å². The lowest BCUT2D eigenvalue weighted by Gasteiger charge is -2.42. The van der Waals surface area contributed by atoms with Crippen molar-refractivity contribution >= 4 is 23.4 Å². The number of hydrogen-bond acceptors (Lipinski definition) is 6. The Balaban J connectivity index is 1.32. The summed E-state index contributed by atoms with van der Waals surface area (Å²) in [5.74, 6) is 0.241. The summed E-state index contributed by atoms with van der Waals surface area (Å²) in [6.07, 6.45) is 6.24. The van der Waals surface area contributed by atoms with E-state index in [0.29, 0.717) is 49.4 Å². The average Bonchev–Trinajstić information content (AvgIpc) is 2.87. The van der Waals surface area contributed by atoms with Crippen molar-refractivity contribution in [3.63, 3.8) is 0 Å². The first-order valence-electron chi connectivity index (χ1n) is 13.4. The summed E-state index contributed by atoms with van der Waals surface area (Å²) >= 11 is 0. The maximum Gasteiger partial charge on any atom is 0.257 e. The van der Waals surface area contributed by atoms with Gasteiger partial charge in [-0.3, -0.25) is 14.4 Å². The van der Waals surface area contributed by atoms with Crippen LogP contribution in [0.25, 0.3) is 0 Å². The van der Waals surface area contributed by atoms with E-state index in [2.05, 4.69) is 15.5 Å². The van der Waals surface area contributed by atoms with Gasteiger partial charge in [-0.25, -0.2) is 0 Å². The Bertz CT molecular complexity index is 933. The van der Waals surface area contributed by atoms with Gasteiger partial charge >= 0.3 is 0 Å². The van der Waals surface area contributed by atoms with Crippen LogP contribution in [0.1, 0.15) is 68.6 Å². The summed E-state index contributed by atoms with van der Waals surface area (Å²) in [5.41, 5.74) is 1.02. The Kier molecular flexibility index (Phi) is 9.20. The van der Waals surface area contributed by atoms with E-state index in [0.717, 1.165) is 32.5 Å². The van der Waals surface area contributed by atoms with Gasteiger partial charge < -0.3 is 29.9 Å². The van der Waals surface area contributed by atoms with Crippen LogP contribution in [0.3, 0.4) is 0 Å². The lowest BCUT2D eigenvalue weighted by molar-refractivity contribution is -0.134. The van der Waals surface area contributed by atoms with Gasteiger partial charge in [0.25, 0.3) is 5.91 Å². The van der Waals surface area contributed by atoms with Crippen LogP contribution in [0.2, 0.25) is 0 Å². The van der Waals surface area contributed by atoms with E-state index in [-0.39, 0.29) is 36.0 Å². The van der Waals surface area contributed by atoms with Crippen molar-refractivity contribution in [2.24, 2.45) is 0 Å². The molecule has 9 heteroatoms. The van der Waals surface area contributed by atoms with Crippen LogP contribution in [0.15, 0.2) is 18.2 Å². The van der Waals surface area contributed by atoms with Gasteiger partial charge in [0.05, 0.1) is 24.1 Å². The first kappa shape index (κ1) is 26.4. The van der Waals surface area contributed by atoms with Crippen molar-refractivity contribution in [1.82, 2.24) is 15.1 Å². The van der Waals surface area contributed by atoms with Crippen molar-refractivity contribution in [3.8, 4) is 5.75 Å². The molecule has 2 N–H and O–H groups in total. The number of nitrogens with zero attached hydrogens (tertiary/aromatic N) is 2. The molecular formula is C27H40N4O5. The van der Waals surface area contributed by atoms with E-state index in [4.69, 9.17) is 9.47 Å². The molecule has 9 nitrogen and oxygen atoms in total. The quantitative estimate of drug-likeness (QED) is 0.569. The highest BCUT2D eigenvalue weighted by molar-refractivity contribution is 5.99. The number of nitrogens with one attached hydrogen (secondary N) is 2. The second kappa shape index (κ2) is 12.5. The number of likely N-dealkylation sites (N-methyl/N-ethyl adjacent to an activating group) is 1. The van der Waals surface area contributed by atoms with Crippen LogP contribution in [0.4, 0.5) is 5.69 Å². The number of carbonyl (C=O) groups excluding carboxylic acids is 3. The molecule has 4 rings (SSSR count). The maximum atomic E-state index is 13.3. The van der Waals surface area contributed by atoms with E-state index >= 15 is 0 Å². The van der Waals surface area contributed by atoms with E-state index in [1.54, 1.807) is 30.1 Å². The zero-order chi connectivity index (χ0) is 25.5. The number of likely N-dealkylation sites (tertiary alicyclic amines) is 1. The number of benzene rings is 1. The molecule has 1 aromatic carbocycles. The molecule has 2 fully saturated rings. The first-order chi connectivity index (χ1) is 17.4. The highest BCUT2D eigenvalue weighted by Crippen LogP contribution is 2.32. The molecule has 0 aliphatic carbocycles. The van der Waals surface area contributed by atoms with Gasteiger partial charge in [-0.05, 0) is 63.4 Å². The fraction of sp³-hybridized carbons (Fsp3) is 0.667. The Morgan fingerprint density at radius 1 is 1.11 bits per heavy atom. The van der Waals surface area contributed by atoms with Gasteiger partial charge in [0, 0.05) is 32.2 Å². The summed E-state index contributed by atoms with van der Waals surface area (Å²) in [5, 5.41) is 5.89. The molecule has 3 aliphatic heterocycles. The molecule has 3 heterocycles. The van der Waals surface area contributed by atoms with Gasteiger partial charge in [-0.1, -0.05) is 13.3 Å². The molecule has 0 aromatic heterocycles. The van der Waals surface area contributed by atoms with Crippen LogP contribution < -0.4 is 15.4 Å². The molecule has 36 heavy (non-hydrogen) atoms. The van der Waals surface area contributed by atoms with E-state index in [9.17, 15) is 14.4 Å². The number of amides is 3. The lowest BCUT2D eigenvalue weighted by atomic mass is 9.94. The Hall–Kier alpha value is -2.65. The second-order valence-electron chi connectivity index (χ2n) is 10.1. The van der Waals surface area contributed by atoms with Gasteiger partial charge in [0.2, 0.25) is 11.8 Å². The Morgan fingerprint density at radius 3 is 2.69 bits per heavy atom. The number of rotatable bonds is 8. The molecule has 3 atom stereocenters. The standard InChI is InChI=1S/C27H40N4O5/c1-3-7-25(32)29-19-8-11-23-21(16-19)27(34)30(2)22-10-9-20(36-24(22)18-35-23)17-26(33)28-12-15-31-13-5-4-6-14-31/h8,11,16,20,22,24H,3-7,9-10,12-15,17-18H2,1-2H3,(H,28,33)(H,29,32)/t20-,22-,24+/m0/s1. The van der Waals surface area contributed by atoms with Crippen LogP contribution >= 0.6 is 0 Å². The van der Waals surface area contributed by atoms with Crippen LogP contribution in [0, 0.1) is 0 Å². The van der Waals surface area contributed by atoms with E-state index in [1.165, 1.54) is 19.3 Å². The van der Waals surface area contributed by atoms with E-state index < -0.39 is 0 Å². The normalized spacial score (nSPS) is 24.6. The zero-order valence-electron chi connectivity index (χ0n) is 21.6. The Morgan fingerprint density at radius 2 is 1.92 bits per heavy atom. The van der Waals surface area contributed by atoms with Gasteiger partial charge in [-0.15, -0.1) is 0 Å². The molecule has 0 bridgehead atoms. The molecule has 198 valence electrons. The van der Waals surface area contributed by atoms with Crippen LogP contribution in [-0.4, -0.2) is 85.6 Å². The highest BCUT2D eigenvalue weighted by atomic mass is 16.5. The molecule has 0 unspecified atom stereocenters. The number of hydrogen-bond donors (Lipinski definition) is 2. The zero-order valence-corrected chi connectivity index (χ0v) is 21.6. The van der Waals surface area contributed by atoms with Gasteiger partial charge in [0.15, 0.2) is 0 Å². The lowest BCUT2D eigenvalue weighted by Crippen LogP contribution is -2.54. The summed E-state index contributed by atoms with van der Waals surface area (Å²) in [7, 11) is 1.79. The van der Waals surface area contributed by atoms with Crippen molar-refractivity contribution in [2.75, 3.05) is 45.2 Å². The number of carbonyl (C=O) groups is 3. The molecule has 2 saturated heterocycles. The second-order valence-corrected chi connectivity index (χ2v) is 10.1. The minimum Gasteiger partial charge on any atom is -0.490 e. The minimum absolute atomic E-state index is 0.00893. The summed E-state index contributed by atoms with van der Waals surface area (Å²) in [6, 6.07) is 5.02. The molecule has 0 saturated carbocycles. The molecule has 1 aromatic rings. The summed E-state index contributed by atoms with van der Waals surface area (Å²) in [6.45, 7) is 6.04. The van der Waals surface area contributed by atoms with Crippen LogP contribution in [0.5, 0.6) is 5.75 Å². The minimum atomic E-state index is -0.309. The largest absolute Gasteiger partial charge is 0.490 e. The highest BCUT2D eigenvalue weighted by Gasteiger charge is 2.39. The maximum absolute atomic E-state index is 13.3. The van der Waals surface area contributed by atoms with Crippen molar-refractivity contribution in [3.05, 3.63) is 23.8 Å². The monoisotopic (exact) mass is 500 g/mol. The predicted octanol–water partition coefficient (Wildman–Crippen LogP) is 2.80. The first-order valence-corrected chi connectivity index (χ1v) is 13.4. The third-order valence-corrected chi connectivity index (χ3v) is 7.38. The molecule has 3 amide bonds. The molecule has 3 aliphatic rings. The molecule has 0 radical (unpaired) electrons. The third kappa shape index (κ3) is 6.76. The van der Waals surface area contributed by atoms with Crippen molar-refractivity contribution < 1.29 is 23.9 Å². The van der Waals surface area contributed by atoms with Gasteiger partial charge in [-0.2, -0.15) is 0 Å². The predicted molar refractivity (Wildman–Crippen MR) is 137 cm³/mol. The van der Waals surface area contributed by atoms with Gasteiger partial charge in [0.1, 0.15) is 18.5 Å². The number of fused-ring (bicyclic) bond motifs is 2. The fourth-order valence-electron chi connectivity index (χ4n) is 5.37. The smallest absolute Gasteiger partial charge is 0.257 e. The van der Waals surface area contributed by atoms with Crippen molar-refractivity contribution in [2.45, 2.75) is 76.5 Å². The summed E-state index contributed by atoms with van der Waals surface area (Å²) in [4.78, 5) is 42.0. The van der Waals surface area contributed by atoms with E-state index in [1.807, 2.05) is 6.92 Å². The van der Waals surface area contributed by atoms with Crippen molar-refractivity contribution in [1.29, 1.82) is 0 Å². The third-order valence-electron chi connectivity index (χ3n) is 7.38. The molecular weight excluding hydrogens is 460 g/mol. The fourth-order valence-corrected chi connectivity index (χ4v) is 5.37. The number of anilines is 1. The SMILES string of the molecule is CCCC(=O)Nc1ccc2c(c1)C(=O)N(C)[C@H]1CC[C@@H](CC(=O)NCCN3CCCCC3)O[C@@H]1CO2. The molecule has 0 spiro atoms. The summed E-state index contributed by atoms with van der Waals surface area (Å²) < 4.78 is 12.3. The topological polar surface area (TPSA) is 100 Å². The number of ether oxygens (including phenoxy) is 2. The average molecular weight is 501 g/mol.